The van der Waals surface area contributed by atoms with Crippen LogP contribution in [0, 0.1) is 12.8 Å². The summed E-state index contributed by atoms with van der Waals surface area (Å²) in [5.74, 6) is 0.934. The Labute approximate surface area is 161 Å². The second-order valence-electron chi connectivity index (χ2n) is 7.15. The number of amides is 1. The zero-order valence-corrected chi connectivity index (χ0v) is 16.1. The third-order valence-corrected chi connectivity index (χ3v) is 5.42. The second-order valence-corrected chi connectivity index (χ2v) is 7.59. The number of anilines is 1. The van der Waals surface area contributed by atoms with E-state index in [1.807, 2.05) is 30.0 Å². The van der Waals surface area contributed by atoms with Crippen LogP contribution in [0.15, 0.2) is 48.5 Å². The molecule has 1 saturated heterocycles. The Morgan fingerprint density at radius 2 is 1.88 bits per heavy atom. The number of piperidine rings is 1. The lowest BCUT2D eigenvalue weighted by Crippen LogP contribution is -2.39. The summed E-state index contributed by atoms with van der Waals surface area (Å²) in [6, 6.07) is 16.4. The molecule has 0 atom stereocenters. The number of halogens is 1. The number of hydrogen-bond donors (Lipinski definition) is 1. The predicted octanol–water partition coefficient (Wildman–Crippen LogP) is 4.93. The van der Waals surface area contributed by atoms with Crippen LogP contribution in [-0.4, -0.2) is 30.4 Å². The summed E-state index contributed by atoms with van der Waals surface area (Å²) in [5, 5.41) is 4.05. The Bertz CT molecular complexity index is 724. The van der Waals surface area contributed by atoms with Crippen LogP contribution in [0.25, 0.3) is 0 Å². The van der Waals surface area contributed by atoms with Gasteiger partial charge in [0.25, 0.3) is 0 Å². The van der Waals surface area contributed by atoms with Crippen molar-refractivity contribution in [3.63, 3.8) is 0 Å². The number of carbonyl (C=O) groups excluding carboxylic acids is 1. The van der Waals surface area contributed by atoms with Gasteiger partial charge in [-0.2, -0.15) is 0 Å². The minimum absolute atomic E-state index is 0.246. The molecule has 0 aromatic heterocycles. The molecule has 0 saturated carbocycles. The van der Waals surface area contributed by atoms with Crippen LogP contribution in [-0.2, 0) is 11.2 Å². The lowest BCUT2D eigenvalue weighted by molar-refractivity contribution is -0.132. The van der Waals surface area contributed by atoms with Gasteiger partial charge in [0.15, 0.2) is 0 Å². The van der Waals surface area contributed by atoms with Crippen LogP contribution in [0.5, 0.6) is 0 Å². The van der Waals surface area contributed by atoms with Gasteiger partial charge in [0.2, 0.25) is 5.91 Å². The number of nitrogens with one attached hydrogen (secondary N) is 1. The summed E-state index contributed by atoms with van der Waals surface area (Å²) in [7, 11) is 0. The molecule has 1 fully saturated rings. The number of nitrogens with zero attached hydrogens (tertiary/aromatic N) is 1. The number of carbonyl (C=O) groups is 1. The number of hydrogen-bond acceptors (Lipinski definition) is 2. The van der Waals surface area contributed by atoms with Crippen molar-refractivity contribution in [2.24, 2.45) is 5.92 Å². The maximum absolute atomic E-state index is 12.5. The Balaban J connectivity index is 1.40. The Morgan fingerprint density at radius 1 is 1.15 bits per heavy atom. The highest BCUT2D eigenvalue weighted by molar-refractivity contribution is 6.30. The average molecular weight is 371 g/mol. The molecule has 1 N–H and O–H groups in total. The van der Waals surface area contributed by atoms with Crippen molar-refractivity contribution < 1.29 is 4.79 Å². The quantitative estimate of drug-likeness (QED) is 0.781. The molecular weight excluding hydrogens is 344 g/mol. The zero-order chi connectivity index (χ0) is 18.4. The SMILES string of the molecule is Cc1ccc(Cl)cc1NCCC(=O)N1CCC(Cc2ccccc2)CC1. The van der Waals surface area contributed by atoms with E-state index in [2.05, 4.69) is 35.6 Å². The van der Waals surface area contributed by atoms with E-state index in [9.17, 15) is 4.79 Å². The monoisotopic (exact) mass is 370 g/mol. The molecule has 3 rings (SSSR count). The van der Waals surface area contributed by atoms with Gasteiger partial charge in [0.1, 0.15) is 0 Å². The van der Waals surface area contributed by atoms with Gasteiger partial charge in [-0.15, -0.1) is 0 Å². The molecule has 3 nitrogen and oxygen atoms in total. The number of rotatable bonds is 6. The topological polar surface area (TPSA) is 32.3 Å². The van der Waals surface area contributed by atoms with Gasteiger partial charge in [-0.25, -0.2) is 0 Å². The highest BCUT2D eigenvalue weighted by Gasteiger charge is 2.22. The molecule has 1 amide bonds. The van der Waals surface area contributed by atoms with E-state index in [4.69, 9.17) is 11.6 Å². The van der Waals surface area contributed by atoms with Crippen LogP contribution in [0.1, 0.15) is 30.4 Å². The van der Waals surface area contributed by atoms with E-state index in [0.29, 0.717) is 23.9 Å². The van der Waals surface area contributed by atoms with Crippen LogP contribution >= 0.6 is 11.6 Å². The Kier molecular flexibility index (Phi) is 6.56. The van der Waals surface area contributed by atoms with Gasteiger partial charge in [-0.05, 0) is 55.4 Å². The van der Waals surface area contributed by atoms with Crippen LogP contribution < -0.4 is 5.32 Å². The first-order valence-corrected chi connectivity index (χ1v) is 9.81. The van der Waals surface area contributed by atoms with Gasteiger partial charge in [0, 0.05) is 36.8 Å². The summed E-state index contributed by atoms with van der Waals surface area (Å²) in [4.78, 5) is 14.5. The van der Waals surface area contributed by atoms with Gasteiger partial charge < -0.3 is 10.2 Å². The minimum Gasteiger partial charge on any atom is -0.384 e. The molecule has 0 spiro atoms. The summed E-state index contributed by atoms with van der Waals surface area (Å²) in [6.45, 7) is 4.45. The molecule has 138 valence electrons. The molecule has 1 aliphatic rings. The largest absolute Gasteiger partial charge is 0.384 e. The summed E-state index contributed by atoms with van der Waals surface area (Å²) < 4.78 is 0. The number of likely N-dealkylation sites (tertiary alicyclic amines) is 1. The van der Waals surface area contributed by atoms with Gasteiger partial charge >= 0.3 is 0 Å². The van der Waals surface area contributed by atoms with Crippen molar-refractivity contribution in [1.82, 2.24) is 4.90 Å². The fourth-order valence-electron chi connectivity index (χ4n) is 3.58. The van der Waals surface area contributed by atoms with E-state index in [0.717, 1.165) is 43.6 Å². The first-order chi connectivity index (χ1) is 12.6. The molecule has 4 heteroatoms. The van der Waals surface area contributed by atoms with Crippen molar-refractivity contribution in [2.75, 3.05) is 25.0 Å². The van der Waals surface area contributed by atoms with Crippen molar-refractivity contribution in [3.8, 4) is 0 Å². The van der Waals surface area contributed by atoms with E-state index in [1.54, 1.807) is 0 Å². The number of aryl methyl sites for hydroxylation is 1. The maximum atomic E-state index is 12.5. The first-order valence-electron chi connectivity index (χ1n) is 9.43. The Hall–Kier alpha value is -2.00. The third kappa shape index (κ3) is 5.25. The lowest BCUT2D eigenvalue weighted by atomic mass is 9.90. The van der Waals surface area contributed by atoms with E-state index >= 15 is 0 Å². The summed E-state index contributed by atoms with van der Waals surface area (Å²) in [6.07, 6.45) is 3.84. The van der Waals surface area contributed by atoms with Crippen LogP contribution in [0.2, 0.25) is 5.02 Å². The molecule has 2 aromatic rings. The molecule has 26 heavy (non-hydrogen) atoms. The van der Waals surface area contributed by atoms with Crippen molar-refractivity contribution in [2.45, 2.75) is 32.6 Å². The van der Waals surface area contributed by atoms with Crippen LogP contribution in [0.3, 0.4) is 0 Å². The normalized spacial score (nSPS) is 15.1. The van der Waals surface area contributed by atoms with E-state index < -0.39 is 0 Å². The fourth-order valence-corrected chi connectivity index (χ4v) is 3.75. The molecule has 2 aromatic carbocycles. The average Bonchev–Trinajstić information content (AvgIpc) is 2.66. The smallest absolute Gasteiger partial charge is 0.224 e. The second kappa shape index (κ2) is 9.09. The molecule has 1 aliphatic heterocycles. The molecule has 0 aliphatic carbocycles. The lowest BCUT2D eigenvalue weighted by Gasteiger charge is -2.32. The minimum atomic E-state index is 0.246. The van der Waals surface area contributed by atoms with Crippen LogP contribution in [0.4, 0.5) is 5.69 Å². The van der Waals surface area contributed by atoms with Crippen molar-refractivity contribution in [1.29, 1.82) is 0 Å². The van der Waals surface area contributed by atoms with Gasteiger partial charge in [0.05, 0.1) is 0 Å². The molecular formula is C22H27ClN2O. The van der Waals surface area contributed by atoms with E-state index in [1.165, 1.54) is 5.56 Å². The van der Waals surface area contributed by atoms with Gasteiger partial charge in [-0.3, -0.25) is 4.79 Å². The zero-order valence-electron chi connectivity index (χ0n) is 15.4. The standard InChI is InChI=1S/C22H27ClN2O/c1-17-7-8-20(23)16-21(17)24-12-9-22(26)25-13-10-19(11-14-25)15-18-5-3-2-4-6-18/h2-8,16,19,24H,9-15H2,1H3. The number of benzene rings is 2. The predicted molar refractivity (Wildman–Crippen MR) is 109 cm³/mol. The first kappa shape index (κ1) is 18.8. The van der Waals surface area contributed by atoms with Crippen molar-refractivity contribution in [3.05, 3.63) is 64.7 Å². The molecule has 0 radical (unpaired) electrons. The van der Waals surface area contributed by atoms with Gasteiger partial charge in [-0.1, -0.05) is 48.0 Å². The third-order valence-electron chi connectivity index (χ3n) is 5.19. The molecule has 0 bridgehead atoms. The summed E-state index contributed by atoms with van der Waals surface area (Å²) in [5.41, 5.74) is 3.55. The Morgan fingerprint density at radius 3 is 2.62 bits per heavy atom. The summed E-state index contributed by atoms with van der Waals surface area (Å²) >= 11 is 6.04. The molecule has 1 heterocycles. The molecule has 0 unspecified atom stereocenters. The highest BCUT2D eigenvalue weighted by atomic mass is 35.5. The van der Waals surface area contributed by atoms with E-state index in [-0.39, 0.29) is 5.91 Å². The fraction of sp³-hybridized carbons (Fsp3) is 0.409. The highest BCUT2D eigenvalue weighted by Crippen LogP contribution is 2.23. The maximum Gasteiger partial charge on any atom is 0.224 e. The van der Waals surface area contributed by atoms with Crippen molar-refractivity contribution >= 4 is 23.2 Å².